The van der Waals surface area contributed by atoms with Crippen LogP contribution in [-0.2, 0) is 0 Å². The summed E-state index contributed by atoms with van der Waals surface area (Å²) in [5.41, 5.74) is 1.05. The van der Waals surface area contributed by atoms with E-state index in [0.29, 0.717) is 16.8 Å². The molecular formula is C16H22BrN3O. The van der Waals surface area contributed by atoms with Gasteiger partial charge in [0.2, 0.25) is 0 Å². The maximum absolute atomic E-state index is 12.5. The van der Waals surface area contributed by atoms with Crippen molar-refractivity contribution in [1.29, 1.82) is 0 Å². The van der Waals surface area contributed by atoms with Gasteiger partial charge in [-0.05, 0) is 65.4 Å². The van der Waals surface area contributed by atoms with E-state index in [0.717, 1.165) is 29.9 Å². The van der Waals surface area contributed by atoms with Gasteiger partial charge in [-0.1, -0.05) is 6.92 Å². The number of carbonyl (C=O) groups is 1. The second kappa shape index (κ2) is 5.95. The SMILES string of the molecule is CCCNc1ncc(Br)cc1C(=O)NCC1(C2CC2)CC1. The highest BCUT2D eigenvalue weighted by atomic mass is 79.9. The van der Waals surface area contributed by atoms with Crippen LogP contribution in [0.5, 0.6) is 0 Å². The van der Waals surface area contributed by atoms with Gasteiger partial charge in [-0.25, -0.2) is 4.98 Å². The monoisotopic (exact) mass is 351 g/mol. The summed E-state index contributed by atoms with van der Waals surface area (Å²) in [5, 5.41) is 6.35. The van der Waals surface area contributed by atoms with E-state index in [9.17, 15) is 4.79 Å². The topological polar surface area (TPSA) is 54.0 Å². The zero-order valence-corrected chi connectivity index (χ0v) is 14.0. The Morgan fingerprint density at radius 1 is 1.48 bits per heavy atom. The van der Waals surface area contributed by atoms with Crippen LogP contribution in [0, 0.1) is 11.3 Å². The van der Waals surface area contributed by atoms with E-state index >= 15 is 0 Å². The van der Waals surface area contributed by atoms with Crippen molar-refractivity contribution in [3.63, 3.8) is 0 Å². The molecule has 1 aromatic rings. The molecule has 0 spiro atoms. The van der Waals surface area contributed by atoms with E-state index in [1.807, 2.05) is 6.07 Å². The first-order valence-corrected chi connectivity index (χ1v) is 8.61. The molecule has 5 heteroatoms. The molecule has 21 heavy (non-hydrogen) atoms. The van der Waals surface area contributed by atoms with Gasteiger partial charge in [0.25, 0.3) is 5.91 Å². The number of halogens is 1. The lowest BCUT2D eigenvalue weighted by Crippen LogP contribution is -2.32. The number of anilines is 1. The summed E-state index contributed by atoms with van der Waals surface area (Å²) in [6.45, 7) is 3.73. The van der Waals surface area contributed by atoms with E-state index in [4.69, 9.17) is 0 Å². The number of hydrogen-bond acceptors (Lipinski definition) is 3. The second-order valence-electron chi connectivity index (χ2n) is 6.30. The Labute approximate surface area is 134 Å². The van der Waals surface area contributed by atoms with Gasteiger partial charge in [0, 0.05) is 23.8 Å². The summed E-state index contributed by atoms with van der Waals surface area (Å²) in [6, 6.07) is 1.84. The molecule has 4 nitrogen and oxygen atoms in total. The molecule has 0 bridgehead atoms. The minimum atomic E-state index is -0.0191. The Morgan fingerprint density at radius 2 is 2.24 bits per heavy atom. The van der Waals surface area contributed by atoms with Gasteiger partial charge in [-0.15, -0.1) is 0 Å². The van der Waals surface area contributed by atoms with Crippen molar-refractivity contribution in [2.24, 2.45) is 11.3 Å². The lowest BCUT2D eigenvalue weighted by molar-refractivity contribution is 0.0943. The first-order valence-electron chi connectivity index (χ1n) is 7.82. The molecule has 0 unspecified atom stereocenters. The standard InChI is InChI=1S/C16H22BrN3O/c1-2-7-18-14-13(8-12(17)9-19-14)15(21)20-10-16(5-6-16)11-3-4-11/h8-9,11H,2-7,10H2,1H3,(H,18,19)(H,20,21). The summed E-state index contributed by atoms with van der Waals surface area (Å²) in [7, 11) is 0. The van der Waals surface area contributed by atoms with Crippen molar-refractivity contribution in [2.45, 2.75) is 39.0 Å². The quantitative estimate of drug-likeness (QED) is 0.789. The number of nitrogens with zero attached hydrogens (tertiary/aromatic N) is 1. The Balaban J connectivity index is 1.66. The molecule has 0 saturated heterocycles. The molecular weight excluding hydrogens is 330 g/mol. The maximum Gasteiger partial charge on any atom is 0.255 e. The predicted octanol–water partition coefficient (Wildman–Crippen LogP) is 3.59. The minimum Gasteiger partial charge on any atom is -0.369 e. The van der Waals surface area contributed by atoms with Crippen LogP contribution in [0.3, 0.4) is 0 Å². The minimum absolute atomic E-state index is 0.0191. The van der Waals surface area contributed by atoms with Gasteiger partial charge in [-0.2, -0.15) is 0 Å². The fourth-order valence-corrected chi connectivity index (χ4v) is 3.27. The molecule has 2 aliphatic carbocycles. The predicted molar refractivity (Wildman–Crippen MR) is 87.4 cm³/mol. The molecule has 2 aliphatic rings. The van der Waals surface area contributed by atoms with Gasteiger partial charge in [0.05, 0.1) is 5.56 Å². The summed E-state index contributed by atoms with van der Waals surface area (Å²) in [4.78, 5) is 16.8. The van der Waals surface area contributed by atoms with Crippen molar-refractivity contribution in [1.82, 2.24) is 10.3 Å². The van der Waals surface area contributed by atoms with Gasteiger partial charge in [0.15, 0.2) is 0 Å². The van der Waals surface area contributed by atoms with Crippen LogP contribution in [0.2, 0.25) is 0 Å². The third kappa shape index (κ3) is 3.39. The van der Waals surface area contributed by atoms with E-state index < -0.39 is 0 Å². The average Bonchev–Trinajstić information content (AvgIpc) is 3.36. The highest BCUT2D eigenvalue weighted by Gasteiger charge is 2.53. The number of hydrogen-bond donors (Lipinski definition) is 2. The Kier molecular flexibility index (Phi) is 4.20. The lowest BCUT2D eigenvalue weighted by Gasteiger charge is -2.16. The van der Waals surface area contributed by atoms with Gasteiger partial charge in [-0.3, -0.25) is 4.79 Å². The Morgan fingerprint density at radius 3 is 2.86 bits per heavy atom. The van der Waals surface area contributed by atoms with Crippen LogP contribution >= 0.6 is 15.9 Å². The third-order valence-corrected chi connectivity index (χ3v) is 5.01. The summed E-state index contributed by atoms with van der Waals surface area (Å²) < 4.78 is 0.832. The summed E-state index contributed by atoms with van der Waals surface area (Å²) in [6.07, 6.45) is 7.96. The van der Waals surface area contributed by atoms with Crippen molar-refractivity contribution < 1.29 is 4.79 Å². The van der Waals surface area contributed by atoms with E-state index in [1.165, 1.54) is 25.7 Å². The largest absolute Gasteiger partial charge is 0.369 e. The smallest absolute Gasteiger partial charge is 0.255 e. The van der Waals surface area contributed by atoms with Crippen LogP contribution < -0.4 is 10.6 Å². The van der Waals surface area contributed by atoms with Crippen LogP contribution in [0.25, 0.3) is 0 Å². The molecule has 0 radical (unpaired) electrons. The van der Waals surface area contributed by atoms with Crippen LogP contribution in [0.4, 0.5) is 5.82 Å². The van der Waals surface area contributed by atoms with Gasteiger partial charge < -0.3 is 10.6 Å². The van der Waals surface area contributed by atoms with Crippen molar-refractivity contribution >= 4 is 27.7 Å². The fourth-order valence-electron chi connectivity index (χ4n) is 2.93. The molecule has 1 heterocycles. The second-order valence-corrected chi connectivity index (χ2v) is 7.21. The van der Waals surface area contributed by atoms with E-state index in [-0.39, 0.29) is 5.91 Å². The van der Waals surface area contributed by atoms with Crippen LogP contribution in [0.1, 0.15) is 49.4 Å². The number of aromatic nitrogens is 1. The zero-order chi connectivity index (χ0) is 14.9. The highest BCUT2D eigenvalue weighted by Crippen LogP contribution is 2.60. The summed E-state index contributed by atoms with van der Waals surface area (Å²) >= 11 is 3.40. The molecule has 0 atom stereocenters. The first kappa shape index (κ1) is 14.8. The molecule has 2 N–H and O–H groups in total. The van der Waals surface area contributed by atoms with Crippen LogP contribution in [0.15, 0.2) is 16.7 Å². The van der Waals surface area contributed by atoms with Crippen molar-refractivity contribution in [3.05, 3.63) is 22.3 Å². The first-order chi connectivity index (χ1) is 10.1. The van der Waals surface area contributed by atoms with Gasteiger partial charge >= 0.3 is 0 Å². The number of nitrogens with one attached hydrogen (secondary N) is 2. The molecule has 114 valence electrons. The molecule has 2 saturated carbocycles. The number of carbonyl (C=O) groups excluding carboxylic acids is 1. The maximum atomic E-state index is 12.5. The van der Waals surface area contributed by atoms with E-state index in [2.05, 4.69) is 38.5 Å². The Bertz CT molecular complexity index is 538. The molecule has 2 fully saturated rings. The number of pyridine rings is 1. The molecule has 0 aliphatic heterocycles. The molecule has 1 aromatic heterocycles. The normalized spacial score (nSPS) is 19.1. The van der Waals surface area contributed by atoms with Crippen LogP contribution in [-0.4, -0.2) is 24.0 Å². The molecule has 1 amide bonds. The third-order valence-electron chi connectivity index (χ3n) is 4.58. The fraction of sp³-hybridized carbons (Fsp3) is 0.625. The Hall–Kier alpha value is -1.10. The molecule has 3 rings (SSSR count). The molecule has 0 aromatic carbocycles. The number of amides is 1. The van der Waals surface area contributed by atoms with Crippen molar-refractivity contribution in [3.8, 4) is 0 Å². The van der Waals surface area contributed by atoms with Crippen molar-refractivity contribution in [2.75, 3.05) is 18.4 Å². The lowest BCUT2D eigenvalue weighted by atomic mass is 10.0. The highest BCUT2D eigenvalue weighted by molar-refractivity contribution is 9.10. The average molecular weight is 352 g/mol. The van der Waals surface area contributed by atoms with E-state index in [1.54, 1.807) is 6.20 Å². The van der Waals surface area contributed by atoms with Gasteiger partial charge in [0.1, 0.15) is 5.82 Å². The summed E-state index contributed by atoms with van der Waals surface area (Å²) in [5.74, 6) is 1.51. The number of rotatable bonds is 7. The zero-order valence-electron chi connectivity index (χ0n) is 12.4.